The number of rotatable bonds is 5. The topological polar surface area (TPSA) is 69.6 Å². The van der Waals surface area contributed by atoms with Gasteiger partial charge in [0.05, 0.1) is 5.69 Å². The normalized spacial score (nSPS) is 14.3. The van der Waals surface area contributed by atoms with Crippen molar-refractivity contribution in [3.05, 3.63) is 45.6 Å². The lowest BCUT2D eigenvalue weighted by Gasteiger charge is -2.01. The van der Waals surface area contributed by atoms with Crippen LogP contribution in [0.4, 0.5) is 0 Å². The first-order valence-electron chi connectivity index (χ1n) is 7.24. The number of hydrogen-bond acceptors (Lipinski definition) is 6. The van der Waals surface area contributed by atoms with Crippen LogP contribution in [-0.2, 0) is 5.75 Å². The Labute approximate surface area is 150 Å². The number of nitrogens with two attached hydrogens (primary N) is 1. The molecular weight excluding hydrogens is 394 g/mol. The maximum absolute atomic E-state index is 6.07. The molecule has 2 aromatic heterocycles. The molecule has 0 spiro atoms. The zero-order valence-electron chi connectivity index (χ0n) is 12.1. The number of halogens is 1. The van der Waals surface area contributed by atoms with Crippen LogP contribution in [0.15, 0.2) is 39.3 Å². The highest BCUT2D eigenvalue weighted by Gasteiger charge is 2.29. The zero-order chi connectivity index (χ0) is 15.8. The van der Waals surface area contributed by atoms with E-state index in [-0.39, 0.29) is 0 Å². The van der Waals surface area contributed by atoms with Crippen molar-refractivity contribution in [1.82, 2.24) is 19.9 Å². The second-order valence-corrected chi connectivity index (χ2v) is 8.14. The van der Waals surface area contributed by atoms with Gasteiger partial charge in [0.1, 0.15) is 5.01 Å². The molecule has 0 unspecified atom stereocenters. The fourth-order valence-corrected chi connectivity index (χ4v) is 4.35. The minimum absolute atomic E-state index is 0.504. The van der Waals surface area contributed by atoms with E-state index in [1.807, 2.05) is 12.1 Å². The predicted octanol–water partition coefficient (Wildman–Crippen LogP) is 4.05. The molecular formula is C15H14BrN5S2. The summed E-state index contributed by atoms with van der Waals surface area (Å²) < 4.78 is 2.69. The van der Waals surface area contributed by atoms with Gasteiger partial charge in [-0.05, 0) is 25.0 Å². The molecule has 0 bridgehead atoms. The quantitative estimate of drug-likeness (QED) is 0.510. The third-order valence-corrected chi connectivity index (χ3v) is 6.02. The van der Waals surface area contributed by atoms with Crippen molar-refractivity contribution < 1.29 is 0 Å². The van der Waals surface area contributed by atoms with E-state index in [1.54, 1.807) is 27.8 Å². The number of aromatic nitrogens is 4. The highest BCUT2D eigenvalue weighted by atomic mass is 79.9. The second kappa shape index (κ2) is 6.26. The lowest BCUT2D eigenvalue weighted by atomic mass is 10.2. The van der Waals surface area contributed by atoms with E-state index in [0.29, 0.717) is 5.92 Å². The Bertz CT molecular complexity index is 840. The fraction of sp³-hybridized carbons (Fsp3) is 0.267. The molecule has 2 heterocycles. The van der Waals surface area contributed by atoms with E-state index in [2.05, 4.69) is 43.6 Å². The van der Waals surface area contributed by atoms with Gasteiger partial charge < -0.3 is 5.84 Å². The summed E-state index contributed by atoms with van der Waals surface area (Å²) in [5, 5.41) is 12.2. The van der Waals surface area contributed by atoms with E-state index >= 15 is 0 Å². The van der Waals surface area contributed by atoms with Gasteiger partial charge in [-0.2, -0.15) is 0 Å². The molecule has 1 aliphatic rings. The van der Waals surface area contributed by atoms with Crippen molar-refractivity contribution in [2.75, 3.05) is 5.84 Å². The Morgan fingerprint density at radius 3 is 3.00 bits per heavy atom. The lowest BCUT2D eigenvalue weighted by Crippen LogP contribution is -2.13. The molecule has 0 radical (unpaired) electrons. The molecule has 118 valence electrons. The molecule has 3 aromatic rings. The Morgan fingerprint density at radius 1 is 1.35 bits per heavy atom. The molecule has 0 aliphatic heterocycles. The van der Waals surface area contributed by atoms with Crippen LogP contribution < -0.4 is 5.84 Å². The Kier molecular flexibility index (Phi) is 4.13. The van der Waals surface area contributed by atoms with Crippen molar-refractivity contribution in [2.24, 2.45) is 0 Å². The van der Waals surface area contributed by atoms with Crippen molar-refractivity contribution >= 4 is 39.0 Å². The Morgan fingerprint density at radius 2 is 2.22 bits per heavy atom. The fourth-order valence-electron chi connectivity index (χ4n) is 2.27. The number of nitrogens with zero attached hydrogens (tertiary/aromatic N) is 4. The summed E-state index contributed by atoms with van der Waals surface area (Å²) in [6, 6.07) is 8.18. The molecule has 5 nitrogen and oxygen atoms in total. The summed E-state index contributed by atoms with van der Waals surface area (Å²) in [6.07, 6.45) is 2.34. The maximum atomic E-state index is 6.07. The first kappa shape index (κ1) is 15.2. The standard InChI is InChI=1S/C15H14BrN5S2/c16-11-3-1-2-10(6-11)14-18-12(7-22-14)8-23-15-20-19-13(21(15)17)9-4-5-9/h1-3,6-7,9H,4-5,8,17H2. The zero-order valence-corrected chi connectivity index (χ0v) is 15.4. The molecule has 1 aromatic carbocycles. The van der Waals surface area contributed by atoms with Crippen LogP contribution in [0, 0.1) is 0 Å². The van der Waals surface area contributed by atoms with Crippen LogP contribution in [-0.4, -0.2) is 19.9 Å². The van der Waals surface area contributed by atoms with Gasteiger partial charge in [0.15, 0.2) is 5.82 Å². The average Bonchev–Trinajstić information content (AvgIpc) is 3.16. The Balaban J connectivity index is 1.46. The number of nitrogen functional groups attached to an aromatic ring is 1. The number of benzene rings is 1. The van der Waals surface area contributed by atoms with E-state index in [9.17, 15) is 0 Å². The minimum atomic E-state index is 0.504. The summed E-state index contributed by atoms with van der Waals surface area (Å²) in [5.41, 5.74) is 2.16. The van der Waals surface area contributed by atoms with Crippen molar-refractivity contribution in [3.8, 4) is 10.6 Å². The predicted molar refractivity (Wildman–Crippen MR) is 97.0 cm³/mol. The second-order valence-electron chi connectivity index (χ2n) is 5.43. The molecule has 23 heavy (non-hydrogen) atoms. The van der Waals surface area contributed by atoms with Gasteiger partial charge in [-0.1, -0.05) is 39.8 Å². The highest BCUT2D eigenvalue weighted by molar-refractivity contribution is 9.10. The summed E-state index contributed by atoms with van der Waals surface area (Å²) in [4.78, 5) is 4.70. The summed E-state index contributed by atoms with van der Waals surface area (Å²) in [6.45, 7) is 0. The largest absolute Gasteiger partial charge is 0.336 e. The molecule has 0 amide bonds. The first-order chi connectivity index (χ1) is 11.2. The van der Waals surface area contributed by atoms with E-state index in [1.165, 1.54) is 12.8 Å². The van der Waals surface area contributed by atoms with Crippen molar-refractivity contribution in [2.45, 2.75) is 29.7 Å². The first-order valence-corrected chi connectivity index (χ1v) is 9.90. The average molecular weight is 408 g/mol. The third kappa shape index (κ3) is 3.29. The number of hydrogen-bond donors (Lipinski definition) is 1. The molecule has 1 aliphatic carbocycles. The van der Waals surface area contributed by atoms with E-state index in [0.717, 1.165) is 37.5 Å². The maximum Gasteiger partial charge on any atom is 0.210 e. The highest BCUT2D eigenvalue weighted by Crippen LogP contribution is 2.39. The summed E-state index contributed by atoms with van der Waals surface area (Å²) >= 11 is 6.72. The van der Waals surface area contributed by atoms with Gasteiger partial charge in [0, 0.05) is 27.1 Å². The van der Waals surface area contributed by atoms with Crippen molar-refractivity contribution in [1.29, 1.82) is 0 Å². The van der Waals surface area contributed by atoms with Gasteiger partial charge in [-0.25, -0.2) is 9.66 Å². The SMILES string of the molecule is Nn1c(SCc2csc(-c3cccc(Br)c3)n2)nnc1C1CC1. The molecule has 1 fully saturated rings. The molecule has 1 saturated carbocycles. The lowest BCUT2D eigenvalue weighted by molar-refractivity contribution is 0.790. The molecule has 0 saturated heterocycles. The van der Waals surface area contributed by atoms with Gasteiger partial charge >= 0.3 is 0 Å². The van der Waals surface area contributed by atoms with Gasteiger partial charge in [-0.15, -0.1) is 21.5 Å². The number of thiazole rings is 1. The third-order valence-electron chi connectivity index (χ3n) is 3.61. The summed E-state index contributed by atoms with van der Waals surface area (Å²) in [7, 11) is 0. The van der Waals surface area contributed by atoms with Crippen molar-refractivity contribution in [3.63, 3.8) is 0 Å². The van der Waals surface area contributed by atoms with Crippen LogP contribution >= 0.6 is 39.0 Å². The van der Waals surface area contributed by atoms with Gasteiger partial charge in [0.2, 0.25) is 5.16 Å². The van der Waals surface area contributed by atoms with Crippen LogP contribution in [0.1, 0.15) is 30.3 Å². The van der Waals surface area contributed by atoms with Crippen LogP contribution in [0.3, 0.4) is 0 Å². The van der Waals surface area contributed by atoms with E-state index < -0.39 is 0 Å². The van der Waals surface area contributed by atoms with Crippen LogP contribution in [0.5, 0.6) is 0 Å². The smallest absolute Gasteiger partial charge is 0.210 e. The van der Waals surface area contributed by atoms with Gasteiger partial charge in [-0.3, -0.25) is 0 Å². The van der Waals surface area contributed by atoms with E-state index in [4.69, 9.17) is 10.8 Å². The monoisotopic (exact) mass is 407 g/mol. The molecule has 8 heteroatoms. The molecule has 4 rings (SSSR count). The summed E-state index contributed by atoms with van der Waals surface area (Å²) in [5.74, 6) is 8.22. The number of thioether (sulfide) groups is 1. The molecule has 0 atom stereocenters. The molecule has 2 N–H and O–H groups in total. The Hall–Kier alpha value is -1.38. The van der Waals surface area contributed by atoms with Crippen LogP contribution in [0.25, 0.3) is 10.6 Å². The minimum Gasteiger partial charge on any atom is -0.336 e. The van der Waals surface area contributed by atoms with Gasteiger partial charge in [0.25, 0.3) is 0 Å². The van der Waals surface area contributed by atoms with Crippen LogP contribution in [0.2, 0.25) is 0 Å².